The Morgan fingerprint density at radius 1 is 1.31 bits per heavy atom. The quantitative estimate of drug-likeness (QED) is 0.751. The zero-order chi connectivity index (χ0) is 11.6. The lowest BCUT2D eigenvalue weighted by atomic mass is 9.85. The molecule has 1 heterocycles. The first-order valence-corrected chi connectivity index (χ1v) is 7.17. The van der Waals surface area contributed by atoms with Gasteiger partial charge in [0.25, 0.3) is 0 Å². The molecule has 2 heteroatoms. The number of nitrogens with two attached hydrogens (primary N) is 1. The van der Waals surface area contributed by atoms with E-state index in [0.717, 1.165) is 5.92 Å². The van der Waals surface area contributed by atoms with Crippen molar-refractivity contribution in [2.24, 2.45) is 11.7 Å². The van der Waals surface area contributed by atoms with Crippen LogP contribution >= 0.6 is 0 Å². The third-order valence-corrected chi connectivity index (χ3v) is 4.93. The number of nitrogens with zero attached hydrogens (tertiary/aromatic N) is 1. The van der Waals surface area contributed by atoms with Crippen LogP contribution in [0.2, 0.25) is 0 Å². The number of rotatable bonds is 6. The van der Waals surface area contributed by atoms with Crippen molar-refractivity contribution in [3.63, 3.8) is 0 Å². The molecule has 2 nitrogen and oxygen atoms in total. The average Bonchev–Trinajstić information content (AvgIpc) is 2.96. The van der Waals surface area contributed by atoms with Crippen molar-refractivity contribution in [1.82, 2.24) is 4.90 Å². The van der Waals surface area contributed by atoms with Crippen molar-refractivity contribution in [3.8, 4) is 0 Å². The summed E-state index contributed by atoms with van der Waals surface area (Å²) >= 11 is 0. The minimum Gasteiger partial charge on any atom is -0.326 e. The molecular weight excluding hydrogens is 196 g/mol. The van der Waals surface area contributed by atoms with E-state index < -0.39 is 0 Å². The zero-order valence-corrected chi connectivity index (χ0v) is 11.0. The highest BCUT2D eigenvalue weighted by Gasteiger charge is 2.37. The summed E-state index contributed by atoms with van der Waals surface area (Å²) in [5, 5.41) is 0. The summed E-state index contributed by atoms with van der Waals surface area (Å²) in [4.78, 5) is 2.64. The fourth-order valence-electron chi connectivity index (χ4n) is 3.08. The Morgan fingerprint density at radius 3 is 2.44 bits per heavy atom. The summed E-state index contributed by atoms with van der Waals surface area (Å²) in [5.74, 6) is 1.02. The maximum absolute atomic E-state index is 6.48. The minimum atomic E-state index is 0.255. The molecule has 1 aliphatic heterocycles. The second kappa shape index (κ2) is 5.05. The van der Waals surface area contributed by atoms with Crippen LogP contribution in [-0.4, -0.2) is 29.6 Å². The maximum atomic E-state index is 6.48. The lowest BCUT2D eigenvalue weighted by Crippen LogP contribution is -2.56. The summed E-state index contributed by atoms with van der Waals surface area (Å²) in [5.41, 5.74) is 6.73. The summed E-state index contributed by atoms with van der Waals surface area (Å²) in [6.07, 6.45) is 9.43. The Kier molecular flexibility index (Phi) is 3.91. The summed E-state index contributed by atoms with van der Waals surface area (Å²) in [6, 6.07) is 0.371. The third kappa shape index (κ3) is 2.60. The van der Waals surface area contributed by atoms with Crippen LogP contribution in [0.4, 0.5) is 0 Å². The molecule has 1 aliphatic carbocycles. The van der Waals surface area contributed by atoms with Gasteiger partial charge in [-0.1, -0.05) is 19.8 Å². The van der Waals surface area contributed by atoms with Crippen molar-refractivity contribution in [2.75, 3.05) is 13.1 Å². The second-order valence-electron chi connectivity index (χ2n) is 6.03. The van der Waals surface area contributed by atoms with Crippen molar-refractivity contribution in [3.05, 3.63) is 0 Å². The first-order valence-electron chi connectivity index (χ1n) is 7.17. The van der Waals surface area contributed by atoms with Gasteiger partial charge >= 0.3 is 0 Å². The molecule has 2 fully saturated rings. The van der Waals surface area contributed by atoms with E-state index in [1.54, 1.807) is 0 Å². The van der Waals surface area contributed by atoms with Gasteiger partial charge in [0, 0.05) is 11.6 Å². The molecule has 2 atom stereocenters. The molecule has 0 bridgehead atoms. The molecule has 2 rings (SSSR count). The van der Waals surface area contributed by atoms with E-state index in [9.17, 15) is 0 Å². The molecule has 2 unspecified atom stereocenters. The van der Waals surface area contributed by atoms with Gasteiger partial charge in [0.2, 0.25) is 0 Å². The lowest BCUT2D eigenvalue weighted by Gasteiger charge is -2.43. The van der Waals surface area contributed by atoms with Crippen LogP contribution in [0, 0.1) is 5.92 Å². The fourth-order valence-corrected chi connectivity index (χ4v) is 3.08. The molecular formula is C14H28N2. The Bertz CT molecular complexity index is 219. The molecule has 94 valence electrons. The highest BCUT2D eigenvalue weighted by atomic mass is 15.2. The standard InChI is InChI=1S/C14H28N2/c1-3-14(2,16-10-4-5-11-16)13(15)9-8-12-6-7-12/h12-13H,3-11,15H2,1-2H3. The van der Waals surface area contributed by atoms with Crippen LogP contribution < -0.4 is 5.73 Å². The number of hydrogen-bond acceptors (Lipinski definition) is 2. The molecule has 1 saturated heterocycles. The van der Waals surface area contributed by atoms with Crippen molar-refractivity contribution >= 4 is 0 Å². The first-order chi connectivity index (χ1) is 7.66. The van der Waals surface area contributed by atoms with Crippen LogP contribution in [0.3, 0.4) is 0 Å². The van der Waals surface area contributed by atoms with Gasteiger partial charge in [-0.25, -0.2) is 0 Å². The summed E-state index contributed by atoms with van der Waals surface area (Å²) < 4.78 is 0. The van der Waals surface area contributed by atoms with Crippen molar-refractivity contribution in [1.29, 1.82) is 0 Å². The van der Waals surface area contributed by atoms with E-state index in [1.807, 2.05) is 0 Å². The largest absolute Gasteiger partial charge is 0.326 e. The maximum Gasteiger partial charge on any atom is 0.0329 e. The minimum absolute atomic E-state index is 0.255. The Balaban J connectivity index is 1.88. The van der Waals surface area contributed by atoms with Gasteiger partial charge in [-0.05, 0) is 58.0 Å². The van der Waals surface area contributed by atoms with Gasteiger partial charge in [0.05, 0.1) is 0 Å². The van der Waals surface area contributed by atoms with E-state index in [4.69, 9.17) is 5.73 Å². The Labute approximate surface area is 101 Å². The van der Waals surface area contributed by atoms with Crippen molar-refractivity contribution < 1.29 is 0 Å². The van der Waals surface area contributed by atoms with E-state index in [1.165, 1.54) is 58.0 Å². The van der Waals surface area contributed by atoms with Crippen LogP contribution in [-0.2, 0) is 0 Å². The van der Waals surface area contributed by atoms with Gasteiger partial charge in [-0.3, -0.25) is 4.90 Å². The number of hydrogen-bond donors (Lipinski definition) is 1. The van der Waals surface area contributed by atoms with Crippen LogP contribution in [0.25, 0.3) is 0 Å². The van der Waals surface area contributed by atoms with Crippen LogP contribution in [0.1, 0.15) is 58.8 Å². The van der Waals surface area contributed by atoms with Gasteiger partial charge < -0.3 is 5.73 Å². The monoisotopic (exact) mass is 224 g/mol. The van der Waals surface area contributed by atoms with E-state index >= 15 is 0 Å². The predicted octanol–water partition coefficient (Wildman–Crippen LogP) is 2.77. The summed E-state index contributed by atoms with van der Waals surface area (Å²) in [6.45, 7) is 7.22. The number of likely N-dealkylation sites (tertiary alicyclic amines) is 1. The van der Waals surface area contributed by atoms with E-state index in [-0.39, 0.29) is 5.54 Å². The van der Waals surface area contributed by atoms with Gasteiger partial charge in [-0.2, -0.15) is 0 Å². The van der Waals surface area contributed by atoms with E-state index in [0.29, 0.717) is 6.04 Å². The SMILES string of the molecule is CCC(C)(C(N)CCC1CC1)N1CCCC1. The normalized spacial score (nSPS) is 27.9. The molecule has 0 amide bonds. The molecule has 2 aliphatic rings. The topological polar surface area (TPSA) is 29.3 Å². The molecule has 0 aromatic carbocycles. The lowest BCUT2D eigenvalue weighted by molar-refractivity contribution is 0.0950. The first kappa shape index (κ1) is 12.4. The van der Waals surface area contributed by atoms with Gasteiger partial charge in [0.15, 0.2) is 0 Å². The highest BCUT2D eigenvalue weighted by Crippen LogP contribution is 2.36. The molecule has 1 saturated carbocycles. The molecule has 0 aromatic heterocycles. The van der Waals surface area contributed by atoms with Crippen LogP contribution in [0.15, 0.2) is 0 Å². The molecule has 16 heavy (non-hydrogen) atoms. The smallest absolute Gasteiger partial charge is 0.0329 e. The Hall–Kier alpha value is -0.0800. The predicted molar refractivity (Wildman–Crippen MR) is 69.4 cm³/mol. The highest BCUT2D eigenvalue weighted by molar-refractivity contribution is 4.96. The van der Waals surface area contributed by atoms with Gasteiger partial charge in [0.1, 0.15) is 0 Å². The van der Waals surface area contributed by atoms with Crippen LogP contribution in [0.5, 0.6) is 0 Å². The molecule has 2 N–H and O–H groups in total. The van der Waals surface area contributed by atoms with Gasteiger partial charge in [-0.15, -0.1) is 0 Å². The second-order valence-corrected chi connectivity index (χ2v) is 6.03. The molecule has 0 spiro atoms. The molecule has 0 aromatic rings. The third-order valence-electron chi connectivity index (χ3n) is 4.93. The Morgan fingerprint density at radius 2 is 1.94 bits per heavy atom. The fraction of sp³-hybridized carbons (Fsp3) is 1.00. The summed E-state index contributed by atoms with van der Waals surface area (Å²) in [7, 11) is 0. The zero-order valence-electron chi connectivity index (χ0n) is 11.0. The molecule has 0 radical (unpaired) electrons. The van der Waals surface area contributed by atoms with Crippen molar-refractivity contribution in [2.45, 2.75) is 70.4 Å². The van der Waals surface area contributed by atoms with E-state index in [2.05, 4.69) is 18.7 Å². The average molecular weight is 224 g/mol.